The normalized spacial score (nSPS) is 15.6. The van der Waals surface area contributed by atoms with Crippen molar-refractivity contribution in [2.75, 3.05) is 26.7 Å². The fraction of sp³-hybridized carbons (Fsp3) is 0.727. The highest BCUT2D eigenvalue weighted by Gasteiger charge is 2.08. The number of ether oxygens (including phenoxy) is 1. The van der Waals surface area contributed by atoms with Gasteiger partial charge in [-0.1, -0.05) is 26.0 Å². The van der Waals surface area contributed by atoms with Crippen LogP contribution in [0.15, 0.2) is 12.2 Å². The van der Waals surface area contributed by atoms with Crippen LogP contribution in [0.3, 0.4) is 0 Å². The number of hydrogen-bond donors (Lipinski definition) is 0. The Morgan fingerprint density at radius 2 is 2.14 bits per heavy atom. The molecule has 0 unspecified atom stereocenters. The predicted molar refractivity (Wildman–Crippen MR) is 58.2 cm³/mol. The van der Waals surface area contributed by atoms with Gasteiger partial charge in [0.05, 0.1) is 13.5 Å². The highest BCUT2D eigenvalue weighted by molar-refractivity contribution is 5.69. The van der Waals surface area contributed by atoms with Gasteiger partial charge in [0, 0.05) is 19.6 Å². The van der Waals surface area contributed by atoms with E-state index in [1.54, 1.807) is 0 Å². The zero-order valence-corrected chi connectivity index (χ0v) is 9.45. The summed E-state index contributed by atoms with van der Waals surface area (Å²) in [5.74, 6) is -0.121. The molecule has 0 saturated heterocycles. The molecule has 0 saturated carbocycles. The molecular weight excluding hydrogens is 178 g/mol. The van der Waals surface area contributed by atoms with Crippen molar-refractivity contribution >= 4 is 5.97 Å². The Morgan fingerprint density at radius 1 is 1.43 bits per heavy atom. The second-order valence-electron chi connectivity index (χ2n) is 2.89. The van der Waals surface area contributed by atoms with Gasteiger partial charge in [0.1, 0.15) is 0 Å². The molecule has 1 heterocycles. The Bertz CT molecular complexity index is 178. The third kappa shape index (κ3) is 5.75. The van der Waals surface area contributed by atoms with Crippen LogP contribution in [0.5, 0.6) is 0 Å². The van der Waals surface area contributed by atoms with Crippen molar-refractivity contribution in [1.82, 2.24) is 4.90 Å². The van der Waals surface area contributed by atoms with E-state index in [1.165, 1.54) is 7.11 Å². The van der Waals surface area contributed by atoms with Gasteiger partial charge in [-0.15, -0.1) is 0 Å². The third-order valence-electron chi connectivity index (χ3n) is 2.00. The van der Waals surface area contributed by atoms with Crippen molar-refractivity contribution in [2.24, 2.45) is 0 Å². The van der Waals surface area contributed by atoms with Crippen LogP contribution in [0.1, 0.15) is 26.7 Å². The molecule has 0 aromatic heterocycles. The molecule has 0 fully saturated rings. The zero-order chi connectivity index (χ0) is 10.8. The van der Waals surface area contributed by atoms with Crippen molar-refractivity contribution < 1.29 is 9.53 Å². The first-order chi connectivity index (χ1) is 6.83. The number of esters is 1. The maximum Gasteiger partial charge on any atom is 0.306 e. The minimum absolute atomic E-state index is 0.121. The van der Waals surface area contributed by atoms with E-state index >= 15 is 0 Å². The Morgan fingerprint density at radius 3 is 2.64 bits per heavy atom. The van der Waals surface area contributed by atoms with Gasteiger partial charge in [-0.05, 0) is 6.42 Å². The summed E-state index contributed by atoms with van der Waals surface area (Å²) < 4.78 is 4.56. The lowest BCUT2D eigenvalue weighted by molar-refractivity contribution is -0.140. The highest BCUT2D eigenvalue weighted by atomic mass is 16.5. The Hall–Kier alpha value is -0.830. The number of rotatable bonds is 3. The Balaban J connectivity index is 0.000000791. The molecule has 3 nitrogen and oxygen atoms in total. The summed E-state index contributed by atoms with van der Waals surface area (Å²) in [6.45, 7) is 6.85. The van der Waals surface area contributed by atoms with E-state index in [2.05, 4.69) is 21.8 Å². The highest BCUT2D eigenvalue weighted by Crippen LogP contribution is 2.01. The summed E-state index contributed by atoms with van der Waals surface area (Å²) in [6.07, 6.45) is 5.92. The van der Waals surface area contributed by atoms with Gasteiger partial charge in [0.2, 0.25) is 0 Å². The average Bonchev–Trinajstić information content (AvgIpc) is 2.30. The predicted octanol–water partition coefficient (Wildman–Crippen LogP) is 1.84. The van der Waals surface area contributed by atoms with E-state index in [0.29, 0.717) is 6.42 Å². The van der Waals surface area contributed by atoms with E-state index in [-0.39, 0.29) is 5.97 Å². The van der Waals surface area contributed by atoms with E-state index in [1.807, 2.05) is 13.8 Å². The SMILES string of the molecule is CC.COC(=O)CCN1CC=CCC1. The standard InChI is InChI=1S/C9H15NO2.C2H6/c1-12-9(11)5-8-10-6-3-2-4-7-10;1-2/h2-3H,4-8H2,1H3;1-2H3. The summed E-state index contributed by atoms with van der Waals surface area (Å²) in [6, 6.07) is 0. The van der Waals surface area contributed by atoms with Gasteiger partial charge in [-0.3, -0.25) is 9.69 Å². The second kappa shape index (κ2) is 8.75. The van der Waals surface area contributed by atoms with Crippen molar-refractivity contribution in [1.29, 1.82) is 0 Å². The molecule has 0 spiro atoms. The summed E-state index contributed by atoms with van der Waals surface area (Å²) in [4.78, 5) is 13.0. The number of carbonyl (C=O) groups is 1. The van der Waals surface area contributed by atoms with E-state index in [9.17, 15) is 4.79 Å². The van der Waals surface area contributed by atoms with Crippen LogP contribution >= 0.6 is 0 Å². The minimum Gasteiger partial charge on any atom is -0.469 e. The van der Waals surface area contributed by atoms with E-state index in [0.717, 1.165) is 26.1 Å². The van der Waals surface area contributed by atoms with Crippen LogP contribution in [0.4, 0.5) is 0 Å². The maximum atomic E-state index is 10.8. The molecule has 0 atom stereocenters. The first-order valence-electron chi connectivity index (χ1n) is 5.27. The summed E-state index contributed by atoms with van der Waals surface area (Å²) in [5, 5.41) is 0. The van der Waals surface area contributed by atoms with Gasteiger partial charge >= 0.3 is 5.97 Å². The fourth-order valence-electron chi connectivity index (χ4n) is 1.24. The number of nitrogens with zero attached hydrogens (tertiary/aromatic N) is 1. The molecule has 0 aromatic rings. The van der Waals surface area contributed by atoms with Crippen molar-refractivity contribution in [2.45, 2.75) is 26.7 Å². The van der Waals surface area contributed by atoms with Gasteiger partial charge < -0.3 is 4.74 Å². The summed E-state index contributed by atoms with van der Waals surface area (Å²) in [7, 11) is 1.43. The van der Waals surface area contributed by atoms with E-state index in [4.69, 9.17) is 0 Å². The zero-order valence-electron chi connectivity index (χ0n) is 9.45. The molecule has 0 aliphatic carbocycles. The molecule has 0 amide bonds. The molecule has 3 heteroatoms. The molecule has 0 aromatic carbocycles. The van der Waals surface area contributed by atoms with Gasteiger partial charge in [0.15, 0.2) is 0 Å². The quantitative estimate of drug-likeness (QED) is 0.513. The molecule has 0 bridgehead atoms. The summed E-state index contributed by atoms with van der Waals surface area (Å²) >= 11 is 0. The molecule has 1 aliphatic heterocycles. The largest absolute Gasteiger partial charge is 0.469 e. The molecule has 82 valence electrons. The van der Waals surface area contributed by atoms with Gasteiger partial charge in [-0.2, -0.15) is 0 Å². The maximum absolute atomic E-state index is 10.8. The van der Waals surface area contributed by atoms with Gasteiger partial charge in [-0.25, -0.2) is 0 Å². The van der Waals surface area contributed by atoms with E-state index < -0.39 is 0 Å². The van der Waals surface area contributed by atoms with Crippen LogP contribution in [0.25, 0.3) is 0 Å². The molecule has 0 N–H and O–H groups in total. The minimum atomic E-state index is -0.121. The topological polar surface area (TPSA) is 29.5 Å². The van der Waals surface area contributed by atoms with Crippen LogP contribution in [0, 0.1) is 0 Å². The molecular formula is C11H21NO2. The molecule has 1 rings (SSSR count). The Kier molecular flexibility index (Phi) is 8.24. The first kappa shape index (κ1) is 13.2. The van der Waals surface area contributed by atoms with Crippen LogP contribution in [-0.4, -0.2) is 37.6 Å². The molecule has 0 radical (unpaired) electrons. The number of carbonyl (C=O) groups excluding carboxylic acids is 1. The lowest BCUT2D eigenvalue weighted by Gasteiger charge is -2.21. The third-order valence-corrected chi connectivity index (χ3v) is 2.00. The van der Waals surface area contributed by atoms with Gasteiger partial charge in [0.25, 0.3) is 0 Å². The monoisotopic (exact) mass is 199 g/mol. The van der Waals surface area contributed by atoms with Crippen molar-refractivity contribution in [3.8, 4) is 0 Å². The van der Waals surface area contributed by atoms with Crippen molar-refractivity contribution in [3.63, 3.8) is 0 Å². The number of methoxy groups -OCH3 is 1. The second-order valence-corrected chi connectivity index (χ2v) is 2.89. The van der Waals surface area contributed by atoms with Crippen LogP contribution in [0.2, 0.25) is 0 Å². The smallest absolute Gasteiger partial charge is 0.306 e. The number of hydrogen-bond acceptors (Lipinski definition) is 3. The first-order valence-corrected chi connectivity index (χ1v) is 5.27. The average molecular weight is 199 g/mol. The van der Waals surface area contributed by atoms with Crippen molar-refractivity contribution in [3.05, 3.63) is 12.2 Å². The fourth-order valence-corrected chi connectivity index (χ4v) is 1.24. The van der Waals surface area contributed by atoms with Crippen LogP contribution < -0.4 is 0 Å². The lowest BCUT2D eigenvalue weighted by Crippen LogP contribution is -2.29. The molecule has 14 heavy (non-hydrogen) atoms. The lowest BCUT2D eigenvalue weighted by atomic mass is 10.2. The van der Waals surface area contributed by atoms with Crippen LogP contribution in [-0.2, 0) is 9.53 Å². The molecule has 1 aliphatic rings. The Labute approximate surface area is 86.7 Å². The summed E-state index contributed by atoms with van der Waals surface area (Å²) in [5.41, 5.74) is 0.